The second-order valence-corrected chi connectivity index (χ2v) is 3.99. The van der Waals surface area contributed by atoms with Crippen LogP contribution in [0.25, 0.3) is 0 Å². The molecule has 0 aromatic heterocycles. The Bertz CT molecular complexity index is 379. The Hall–Kier alpha value is -1.55. The molecule has 0 aliphatic carbocycles. The molecule has 100 valence electrons. The fourth-order valence-corrected chi connectivity index (χ4v) is 1.67. The van der Waals surface area contributed by atoms with Crippen molar-refractivity contribution in [2.45, 2.75) is 20.3 Å². The van der Waals surface area contributed by atoms with Crippen LogP contribution >= 0.6 is 0 Å². The van der Waals surface area contributed by atoms with Gasteiger partial charge >= 0.3 is 0 Å². The van der Waals surface area contributed by atoms with Gasteiger partial charge in [0.1, 0.15) is 5.75 Å². The highest BCUT2D eigenvalue weighted by molar-refractivity contribution is 5.77. The molecule has 0 saturated heterocycles. The van der Waals surface area contributed by atoms with Crippen LogP contribution in [-0.2, 0) is 11.2 Å². The van der Waals surface area contributed by atoms with Gasteiger partial charge < -0.3 is 14.7 Å². The molecule has 0 spiro atoms. The maximum Gasteiger partial charge on any atom is 0.260 e. The van der Waals surface area contributed by atoms with Gasteiger partial charge in [0.25, 0.3) is 5.91 Å². The van der Waals surface area contributed by atoms with Gasteiger partial charge in [-0.2, -0.15) is 0 Å². The highest BCUT2D eigenvalue weighted by Gasteiger charge is 2.11. The molecule has 0 radical (unpaired) electrons. The van der Waals surface area contributed by atoms with Gasteiger partial charge in [-0.15, -0.1) is 0 Å². The molecule has 0 unspecified atom stereocenters. The summed E-state index contributed by atoms with van der Waals surface area (Å²) in [6, 6.07) is 7.73. The molecule has 1 aromatic carbocycles. The Morgan fingerprint density at radius 3 is 2.78 bits per heavy atom. The van der Waals surface area contributed by atoms with Gasteiger partial charge in [-0.05, 0) is 31.0 Å². The zero-order valence-corrected chi connectivity index (χ0v) is 11.1. The lowest BCUT2D eigenvalue weighted by atomic mass is 10.2. The van der Waals surface area contributed by atoms with Gasteiger partial charge in [0.2, 0.25) is 0 Å². The topological polar surface area (TPSA) is 49.8 Å². The van der Waals surface area contributed by atoms with Crippen LogP contribution in [0.15, 0.2) is 24.3 Å². The Balaban J connectivity index is 2.50. The molecule has 4 heteroatoms. The van der Waals surface area contributed by atoms with Gasteiger partial charge in [0, 0.05) is 13.1 Å². The summed E-state index contributed by atoms with van der Waals surface area (Å²) in [5.41, 5.74) is 1.18. The summed E-state index contributed by atoms with van der Waals surface area (Å²) in [5, 5.41) is 8.84. The first kappa shape index (κ1) is 14.5. The quantitative estimate of drug-likeness (QED) is 0.798. The van der Waals surface area contributed by atoms with Crippen LogP contribution in [0.3, 0.4) is 0 Å². The minimum absolute atomic E-state index is 0.0149. The Labute approximate surface area is 108 Å². The van der Waals surface area contributed by atoms with E-state index in [-0.39, 0.29) is 19.1 Å². The largest absolute Gasteiger partial charge is 0.484 e. The molecule has 4 nitrogen and oxygen atoms in total. The number of aliphatic hydroxyl groups is 1. The fraction of sp³-hybridized carbons (Fsp3) is 0.500. The lowest BCUT2D eigenvalue weighted by molar-refractivity contribution is -0.133. The number of rotatable bonds is 7. The van der Waals surface area contributed by atoms with Gasteiger partial charge in [-0.3, -0.25) is 4.79 Å². The van der Waals surface area contributed by atoms with E-state index in [9.17, 15) is 4.79 Å². The summed E-state index contributed by atoms with van der Waals surface area (Å²) in [6.45, 7) is 4.88. The zero-order valence-electron chi connectivity index (χ0n) is 11.1. The van der Waals surface area contributed by atoms with Crippen molar-refractivity contribution in [3.63, 3.8) is 0 Å². The van der Waals surface area contributed by atoms with Crippen LogP contribution in [0.4, 0.5) is 0 Å². The van der Waals surface area contributed by atoms with Crippen molar-refractivity contribution in [1.82, 2.24) is 4.90 Å². The molecule has 0 saturated carbocycles. The summed E-state index contributed by atoms with van der Waals surface area (Å²) in [6.07, 6.45) is 0.941. The van der Waals surface area contributed by atoms with Crippen LogP contribution < -0.4 is 4.74 Å². The zero-order chi connectivity index (χ0) is 13.4. The first-order chi connectivity index (χ1) is 8.71. The van der Waals surface area contributed by atoms with E-state index in [1.165, 1.54) is 5.56 Å². The van der Waals surface area contributed by atoms with E-state index in [4.69, 9.17) is 9.84 Å². The van der Waals surface area contributed by atoms with Gasteiger partial charge in [0.15, 0.2) is 6.61 Å². The van der Waals surface area contributed by atoms with Gasteiger partial charge in [-0.1, -0.05) is 19.1 Å². The number of hydrogen-bond donors (Lipinski definition) is 1. The lowest BCUT2D eigenvalue weighted by Gasteiger charge is -2.19. The molecular formula is C14H21NO3. The molecule has 0 atom stereocenters. The highest BCUT2D eigenvalue weighted by Crippen LogP contribution is 2.13. The predicted octanol–water partition coefficient (Wildman–Crippen LogP) is 1.47. The Morgan fingerprint density at radius 1 is 1.39 bits per heavy atom. The summed E-state index contributed by atoms with van der Waals surface area (Å²) in [4.78, 5) is 13.4. The monoisotopic (exact) mass is 251 g/mol. The number of nitrogens with zero attached hydrogens (tertiary/aromatic N) is 1. The van der Waals surface area contributed by atoms with E-state index >= 15 is 0 Å². The molecule has 0 bridgehead atoms. The number of amides is 1. The molecule has 1 rings (SSSR count). The molecular weight excluding hydrogens is 230 g/mol. The first-order valence-corrected chi connectivity index (χ1v) is 6.31. The molecule has 1 amide bonds. The van der Waals surface area contributed by atoms with Gasteiger partial charge in [-0.25, -0.2) is 0 Å². The average Bonchev–Trinajstić information content (AvgIpc) is 2.42. The highest BCUT2D eigenvalue weighted by atomic mass is 16.5. The van der Waals surface area contributed by atoms with Crippen molar-refractivity contribution >= 4 is 5.91 Å². The van der Waals surface area contributed by atoms with E-state index < -0.39 is 0 Å². The van der Waals surface area contributed by atoms with Crippen LogP contribution in [0.2, 0.25) is 0 Å². The molecule has 18 heavy (non-hydrogen) atoms. The van der Waals surface area contributed by atoms with Crippen molar-refractivity contribution in [3.05, 3.63) is 29.8 Å². The number of carbonyl (C=O) groups excluding carboxylic acids is 1. The van der Waals surface area contributed by atoms with Crippen LogP contribution in [0.5, 0.6) is 5.75 Å². The molecule has 0 aliphatic rings. The van der Waals surface area contributed by atoms with E-state index in [1.54, 1.807) is 4.90 Å². The van der Waals surface area contributed by atoms with Crippen LogP contribution in [0.1, 0.15) is 19.4 Å². The summed E-state index contributed by atoms with van der Waals surface area (Å²) < 4.78 is 5.47. The van der Waals surface area contributed by atoms with E-state index in [1.807, 2.05) is 31.2 Å². The maximum absolute atomic E-state index is 11.8. The molecule has 0 aliphatic heterocycles. The SMILES string of the molecule is CCc1cccc(OCC(=O)N(CC)CCO)c1. The number of aliphatic hydroxyl groups excluding tert-OH is 1. The fourth-order valence-electron chi connectivity index (χ4n) is 1.67. The normalized spacial score (nSPS) is 10.2. The summed E-state index contributed by atoms with van der Waals surface area (Å²) in [7, 11) is 0. The standard InChI is InChI=1S/C14H21NO3/c1-3-12-6-5-7-13(10-12)18-11-14(17)15(4-2)8-9-16/h5-7,10,16H,3-4,8-9,11H2,1-2H3. The van der Waals surface area contributed by atoms with E-state index in [0.29, 0.717) is 18.8 Å². The van der Waals surface area contributed by atoms with E-state index in [0.717, 1.165) is 6.42 Å². The third kappa shape index (κ3) is 4.37. The number of likely N-dealkylation sites (N-methyl/N-ethyl adjacent to an activating group) is 1. The number of benzene rings is 1. The molecule has 0 heterocycles. The van der Waals surface area contributed by atoms with Crippen LogP contribution in [0, 0.1) is 0 Å². The third-order valence-electron chi connectivity index (χ3n) is 2.77. The number of aryl methyl sites for hydroxylation is 1. The van der Waals surface area contributed by atoms with Crippen molar-refractivity contribution in [1.29, 1.82) is 0 Å². The average molecular weight is 251 g/mol. The maximum atomic E-state index is 11.8. The van der Waals surface area contributed by atoms with Gasteiger partial charge in [0.05, 0.1) is 6.61 Å². The van der Waals surface area contributed by atoms with Crippen LogP contribution in [-0.4, -0.2) is 42.2 Å². The minimum atomic E-state index is -0.103. The summed E-state index contributed by atoms with van der Waals surface area (Å²) >= 11 is 0. The Morgan fingerprint density at radius 2 is 2.17 bits per heavy atom. The van der Waals surface area contributed by atoms with Crippen molar-refractivity contribution in [3.8, 4) is 5.75 Å². The Kier molecular flexibility index (Phi) is 6.22. The van der Waals surface area contributed by atoms with E-state index in [2.05, 4.69) is 6.92 Å². The number of ether oxygens (including phenoxy) is 1. The van der Waals surface area contributed by atoms with Crippen molar-refractivity contribution in [2.24, 2.45) is 0 Å². The second-order valence-electron chi connectivity index (χ2n) is 3.99. The third-order valence-corrected chi connectivity index (χ3v) is 2.77. The summed E-state index contributed by atoms with van der Waals surface area (Å²) in [5.74, 6) is 0.608. The second kappa shape index (κ2) is 7.71. The van der Waals surface area contributed by atoms with Crippen molar-refractivity contribution < 1.29 is 14.6 Å². The minimum Gasteiger partial charge on any atom is -0.484 e. The molecule has 1 aromatic rings. The smallest absolute Gasteiger partial charge is 0.260 e. The number of carbonyl (C=O) groups is 1. The molecule has 1 N–H and O–H groups in total. The predicted molar refractivity (Wildman–Crippen MR) is 70.7 cm³/mol. The van der Waals surface area contributed by atoms with Crippen molar-refractivity contribution in [2.75, 3.05) is 26.3 Å². The molecule has 0 fully saturated rings. The first-order valence-electron chi connectivity index (χ1n) is 6.31. The lowest BCUT2D eigenvalue weighted by Crippen LogP contribution is -2.36. The number of hydrogen-bond acceptors (Lipinski definition) is 3.